The molecule has 7 nitrogen and oxygen atoms in total. The Bertz CT molecular complexity index is 1050. The van der Waals surface area contributed by atoms with E-state index in [0.717, 1.165) is 18.9 Å². The van der Waals surface area contributed by atoms with Gasteiger partial charge in [-0.25, -0.2) is 13.6 Å². The topological polar surface area (TPSA) is 83.8 Å². The van der Waals surface area contributed by atoms with Crippen molar-refractivity contribution in [3.05, 3.63) is 33.9 Å². The van der Waals surface area contributed by atoms with Gasteiger partial charge in [0.15, 0.2) is 11.6 Å². The van der Waals surface area contributed by atoms with Gasteiger partial charge in [-0.05, 0) is 25.8 Å². The summed E-state index contributed by atoms with van der Waals surface area (Å²) in [6.07, 6.45) is 2.33. The van der Waals surface area contributed by atoms with Gasteiger partial charge in [0.1, 0.15) is 17.4 Å². The predicted molar refractivity (Wildman–Crippen MR) is 109 cm³/mol. The van der Waals surface area contributed by atoms with Gasteiger partial charge in [-0.2, -0.15) is 0 Å². The molecule has 0 amide bonds. The van der Waals surface area contributed by atoms with Gasteiger partial charge in [-0.3, -0.25) is 4.79 Å². The summed E-state index contributed by atoms with van der Waals surface area (Å²) < 4.78 is 36.9. The number of fused-ring (bicyclic) bond motifs is 1. The van der Waals surface area contributed by atoms with Crippen LogP contribution < -0.4 is 20.4 Å². The highest BCUT2D eigenvalue weighted by molar-refractivity contribution is 5.97. The maximum absolute atomic E-state index is 15.2. The number of ether oxygens (including phenoxy) is 1. The highest BCUT2D eigenvalue weighted by atomic mass is 19.1. The number of hydrogen-bond acceptors (Lipinski definition) is 5. The summed E-state index contributed by atoms with van der Waals surface area (Å²) in [6, 6.07) is 1.50. The molecule has 1 saturated heterocycles. The van der Waals surface area contributed by atoms with Gasteiger partial charge in [-0.15, -0.1) is 0 Å². The molecule has 1 saturated carbocycles. The monoisotopic (exact) mass is 421 g/mol. The number of anilines is 1. The van der Waals surface area contributed by atoms with E-state index < -0.39 is 29.0 Å². The van der Waals surface area contributed by atoms with Crippen LogP contribution in [0.5, 0.6) is 5.75 Å². The van der Waals surface area contributed by atoms with Gasteiger partial charge in [0.25, 0.3) is 0 Å². The van der Waals surface area contributed by atoms with E-state index in [9.17, 15) is 19.1 Å². The third-order valence-corrected chi connectivity index (χ3v) is 5.94. The van der Waals surface area contributed by atoms with Crippen molar-refractivity contribution in [3.63, 3.8) is 0 Å². The number of hydrogen-bond donors (Lipinski definition) is 2. The van der Waals surface area contributed by atoms with E-state index in [0.29, 0.717) is 31.2 Å². The number of carboxylic acid groups (broad SMARTS) is 1. The first-order valence-electron chi connectivity index (χ1n) is 10.1. The average molecular weight is 421 g/mol. The first-order chi connectivity index (χ1) is 14.3. The minimum atomic E-state index is -1.38. The van der Waals surface area contributed by atoms with E-state index in [1.54, 1.807) is 16.4 Å². The lowest BCUT2D eigenvalue weighted by Crippen LogP contribution is -2.30. The summed E-state index contributed by atoms with van der Waals surface area (Å²) in [7, 11) is 1.36. The first kappa shape index (κ1) is 20.6. The number of nitrogens with zero attached hydrogens (tertiary/aromatic N) is 2. The molecule has 1 aliphatic carbocycles. The second kappa shape index (κ2) is 7.86. The molecule has 0 spiro atoms. The van der Waals surface area contributed by atoms with E-state index in [1.165, 1.54) is 13.3 Å². The van der Waals surface area contributed by atoms with E-state index in [-0.39, 0.29) is 29.3 Å². The highest BCUT2D eigenvalue weighted by Gasteiger charge is 2.37. The number of aromatic nitrogens is 1. The molecular formula is C21H25F2N3O4. The molecule has 2 atom stereocenters. The molecule has 2 N–H and O–H groups in total. The molecule has 4 rings (SSSR count). The molecule has 2 aromatic rings. The molecule has 0 unspecified atom stereocenters. The smallest absolute Gasteiger partial charge is 0.341 e. The van der Waals surface area contributed by atoms with Crippen LogP contribution in [-0.4, -0.2) is 54.6 Å². The lowest BCUT2D eigenvalue weighted by molar-refractivity contribution is 0.0695. The lowest BCUT2D eigenvalue weighted by atomic mass is 10.1. The molecule has 0 radical (unpaired) electrons. The SMILES string of the molecule is CCn1cc(C(=O)O)c(=O)c2cc(F)c(N3C[C@H](CNC4CC4)[C@H](F)C3)c(OC)c21. The van der Waals surface area contributed by atoms with Gasteiger partial charge < -0.3 is 24.6 Å². The Kier molecular flexibility index (Phi) is 5.40. The highest BCUT2D eigenvalue weighted by Crippen LogP contribution is 2.40. The number of methoxy groups -OCH3 is 1. The molecule has 162 valence electrons. The number of carbonyl (C=O) groups is 1. The maximum Gasteiger partial charge on any atom is 0.341 e. The van der Waals surface area contributed by atoms with Crippen LogP contribution in [0.4, 0.5) is 14.5 Å². The Balaban J connectivity index is 1.80. The van der Waals surface area contributed by atoms with Crippen molar-refractivity contribution in [2.45, 2.75) is 38.5 Å². The third-order valence-electron chi connectivity index (χ3n) is 5.94. The Morgan fingerprint density at radius 2 is 2.10 bits per heavy atom. The average Bonchev–Trinajstić information content (AvgIpc) is 3.47. The number of benzene rings is 1. The van der Waals surface area contributed by atoms with Crippen LogP contribution in [0.15, 0.2) is 17.1 Å². The quantitative estimate of drug-likeness (QED) is 0.714. The van der Waals surface area contributed by atoms with Gasteiger partial charge >= 0.3 is 5.97 Å². The summed E-state index contributed by atoms with van der Waals surface area (Å²) in [5.74, 6) is -2.26. The van der Waals surface area contributed by atoms with Crippen molar-refractivity contribution >= 4 is 22.6 Å². The first-order valence-corrected chi connectivity index (χ1v) is 10.1. The number of halogens is 2. The Hall–Kier alpha value is -2.68. The summed E-state index contributed by atoms with van der Waals surface area (Å²) >= 11 is 0. The minimum absolute atomic E-state index is 0.0271. The zero-order valence-electron chi connectivity index (χ0n) is 17.0. The molecule has 1 aromatic heterocycles. The molecule has 1 aromatic carbocycles. The van der Waals surface area contributed by atoms with Gasteiger partial charge in [0, 0.05) is 44.3 Å². The van der Waals surface area contributed by atoms with E-state index >= 15 is 4.39 Å². The number of aryl methyl sites for hydroxylation is 1. The number of pyridine rings is 1. The molecule has 2 heterocycles. The number of carboxylic acids is 1. The van der Waals surface area contributed by atoms with Crippen LogP contribution in [-0.2, 0) is 6.54 Å². The largest absolute Gasteiger partial charge is 0.492 e. The summed E-state index contributed by atoms with van der Waals surface area (Å²) in [5.41, 5.74) is -0.801. The van der Waals surface area contributed by atoms with Crippen molar-refractivity contribution in [1.29, 1.82) is 0 Å². The fraction of sp³-hybridized carbons (Fsp3) is 0.524. The van der Waals surface area contributed by atoms with Crippen LogP contribution in [0.25, 0.3) is 10.9 Å². The number of aromatic carboxylic acids is 1. The zero-order chi connectivity index (χ0) is 21.6. The predicted octanol–water partition coefficient (Wildman–Crippen LogP) is 2.39. The van der Waals surface area contributed by atoms with Gasteiger partial charge in [-0.1, -0.05) is 0 Å². The van der Waals surface area contributed by atoms with Crippen molar-refractivity contribution in [2.24, 2.45) is 5.92 Å². The summed E-state index contributed by atoms with van der Waals surface area (Å²) in [5, 5.41) is 12.6. The molecule has 9 heteroatoms. The summed E-state index contributed by atoms with van der Waals surface area (Å²) in [6.45, 7) is 3.01. The van der Waals surface area contributed by atoms with E-state index in [1.807, 2.05) is 0 Å². The van der Waals surface area contributed by atoms with Crippen LogP contribution >= 0.6 is 0 Å². The third kappa shape index (κ3) is 3.51. The van der Waals surface area contributed by atoms with Crippen LogP contribution in [0.1, 0.15) is 30.1 Å². The number of alkyl halides is 1. The molecule has 0 bridgehead atoms. The normalized spacial score (nSPS) is 21.4. The van der Waals surface area contributed by atoms with E-state index in [4.69, 9.17) is 4.74 Å². The Morgan fingerprint density at radius 1 is 1.37 bits per heavy atom. The minimum Gasteiger partial charge on any atom is -0.492 e. The van der Waals surface area contributed by atoms with Crippen molar-refractivity contribution in [3.8, 4) is 5.75 Å². The molecular weight excluding hydrogens is 396 g/mol. The van der Waals surface area contributed by atoms with Crippen LogP contribution in [0.2, 0.25) is 0 Å². The van der Waals surface area contributed by atoms with Crippen LogP contribution in [0, 0.1) is 11.7 Å². The van der Waals surface area contributed by atoms with Crippen molar-refractivity contribution in [2.75, 3.05) is 31.6 Å². The Labute approximate surface area is 172 Å². The Morgan fingerprint density at radius 3 is 2.70 bits per heavy atom. The van der Waals surface area contributed by atoms with Gasteiger partial charge in [0.05, 0.1) is 18.0 Å². The van der Waals surface area contributed by atoms with Gasteiger partial charge in [0.2, 0.25) is 5.43 Å². The number of rotatable bonds is 7. The lowest BCUT2D eigenvalue weighted by Gasteiger charge is -2.24. The van der Waals surface area contributed by atoms with Crippen LogP contribution in [0.3, 0.4) is 0 Å². The fourth-order valence-corrected chi connectivity index (χ4v) is 4.19. The number of nitrogens with one attached hydrogen (secondary N) is 1. The molecule has 30 heavy (non-hydrogen) atoms. The molecule has 1 aliphatic heterocycles. The van der Waals surface area contributed by atoms with Crippen molar-refractivity contribution in [1.82, 2.24) is 9.88 Å². The second-order valence-electron chi connectivity index (χ2n) is 7.96. The summed E-state index contributed by atoms with van der Waals surface area (Å²) in [4.78, 5) is 25.7. The molecule has 2 aliphatic rings. The standard InChI is InChI=1S/C21H25F2N3O4/c1-3-25-9-14(21(28)29)19(27)13-6-15(22)18(20(30-2)17(13)25)26-8-11(16(23)10-26)7-24-12-4-5-12/h6,9,11-12,16,24H,3-5,7-8,10H2,1-2H3,(H,28,29)/t11-,16+/m0/s1. The van der Waals surface area contributed by atoms with Crippen molar-refractivity contribution < 1.29 is 23.4 Å². The molecule has 2 fully saturated rings. The van der Waals surface area contributed by atoms with E-state index in [2.05, 4.69) is 5.32 Å². The zero-order valence-corrected chi connectivity index (χ0v) is 17.0. The second-order valence-corrected chi connectivity index (χ2v) is 7.96. The fourth-order valence-electron chi connectivity index (χ4n) is 4.19. The maximum atomic E-state index is 15.2.